The van der Waals surface area contributed by atoms with Gasteiger partial charge in [-0.3, -0.25) is 0 Å². The second-order valence-electron chi connectivity index (χ2n) is 6.87. The van der Waals surface area contributed by atoms with E-state index in [0.29, 0.717) is 11.2 Å². The molecule has 0 radical (unpaired) electrons. The molecule has 1 aliphatic carbocycles. The van der Waals surface area contributed by atoms with Gasteiger partial charge in [-0.15, -0.1) is 0 Å². The lowest BCUT2D eigenvalue weighted by atomic mass is 10.1. The summed E-state index contributed by atoms with van der Waals surface area (Å²) in [6.45, 7) is 0.726. The van der Waals surface area contributed by atoms with Crippen molar-refractivity contribution >= 4 is 23.0 Å². The molecule has 1 aliphatic rings. The quantitative estimate of drug-likeness (QED) is 0.634. The van der Waals surface area contributed by atoms with E-state index >= 15 is 0 Å². The summed E-state index contributed by atoms with van der Waals surface area (Å²) in [4.78, 5) is 0. The number of anilines is 1. The lowest BCUT2D eigenvalue weighted by Gasteiger charge is -2.14. The van der Waals surface area contributed by atoms with Crippen LogP contribution in [0.2, 0.25) is 0 Å². The molecule has 0 aromatic heterocycles. The zero-order chi connectivity index (χ0) is 19.8. The van der Waals surface area contributed by atoms with Gasteiger partial charge in [0.2, 0.25) is 0 Å². The second-order valence-corrected chi connectivity index (χ2v) is 7.28. The number of hydrogen-bond acceptors (Lipinski definition) is 4. The van der Waals surface area contributed by atoms with Crippen LogP contribution in [0.15, 0.2) is 42.5 Å². The Morgan fingerprint density at radius 3 is 2.39 bits per heavy atom. The fraction of sp³-hybridized carbons (Fsp3) is 0.409. The number of benzene rings is 2. The van der Waals surface area contributed by atoms with Gasteiger partial charge in [0.25, 0.3) is 0 Å². The Labute approximate surface area is 172 Å². The summed E-state index contributed by atoms with van der Waals surface area (Å²) in [5, 5.41) is 7.05. The minimum Gasteiger partial charge on any atom is -0.493 e. The highest BCUT2D eigenvalue weighted by atomic mass is 32.1. The molecule has 5 nitrogen and oxygen atoms in total. The van der Waals surface area contributed by atoms with Crippen LogP contribution in [0.3, 0.4) is 0 Å². The third-order valence-electron chi connectivity index (χ3n) is 4.86. The molecule has 0 aliphatic heterocycles. The van der Waals surface area contributed by atoms with Crippen LogP contribution in [0.4, 0.5) is 5.69 Å². The molecule has 28 heavy (non-hydrogen) atoms. The minimum atomic E-state index is 0.373. The van der Waals surface area contributed by atoms with Crippen LogP contribution in [-0.2, 0) is 6.42 Å². The number of rotatable bonds is 8. The summed E-state index contributed by atoms with van der Waals surface area (Å²) in [5.41, 5.74) is 2.10. The van der Waals surface area contributed by atoms with Crippen molar-refractivity contribution in [2.24, 2.45) is 0 Å². The zero-order valence-electron chi connectivity index (χ0n) is 16.5. The van der Waals surface area contributed by atoms with Gasteiger partial charge in [-0.25, -0.2) is 0 Å². The van der Waals surface area contributed by atoms with E-state index in [-0.39, 0.29) is 0 Å². The van der Waals surface area contributed by atoms with Gasteiger partial charge in [0.05, 0.1) is 20.3 Å². The molecule has 0 heterocycles. The first-order valence-electron chi connectivity index (χ1n) is 9.70. The summed E-state index contributed by atoms with van der Waals surface area (Å²) in [6, 6.07) is 13.9. The van der Waals surface area contributed by atoms with Gasteiger partial charge >= 0.3 is 0 Å². The first-order chi connectivity index (χ1) is 13.7. The average Bonchev–Trinajstić information content (AvgIpc) is 3.22. The highest BCUT2D eigenvalue weighted by molar-refractivity contribution is 7.80. The van der Waals surface area contributed by atoms with Crippen molar-refractivity contribution in [3.8, 4) is 17.2 Å². The van der Waals surface area contributed by atoms with Crippen molar-refractivity contribution in [1.82, 2.24) is 5.32 Å². The van der Waals surface area contributed by atoms with Gasteiger partial charge in [-0.2, -0.15) is 0 Å². The SMILES string of the molecule is COc1ccc(CCNC(=S)Nc2ccc(OC3CCCC3)cc2)cc1OC. The Kier molecular flexibility index (Phi) is 7.37. The highest BCUT2D eigenvalue weighted by Gasteiger charge is 2.16. The van der Waals surface area contributed by atoms with E-state index in [1.165, 1.54) is 12.8 Å². The second kappa shape index (κ2) is 10.2. The van der Waals surface area contributed by atoms with Crippen LogP contribution in [-0.4, -0.2) is 32.0 Å². The molecule has 0 spiro atoms. The number of methoxy groups -OCH3 is 2. The maximum Gasteiger partial charge on any atom is 0.170 e. The van der Waals surface area contributed by atoms with Crippen molar-refractivity contribution in [3.05, 3.63) is 48.0 Å². The molecule has 0 saturated heterocycles. The smallest absolute Gasteiger partial charge is 0.170 e. The van der Waals surface area contributed by atoms with Crippen LogP contribution in [0.5, 0.6) is 17.2 Å². The van der Waals surface area contributed by atoms with Crippen molar-refractivity contribution < 1.29 is 14.2 Å². The summed E-state index contributed by atoms with van der Waals surface area (Å²) < 4.78 is 16.6. The molecule has 6 heteroatoms. The summed E-state index contributed by atoms with van der Waals surface area (Å²) >= 11 is 5.39. The van der Waals surface area contributed by atoms with Crippen molar-refractivity contribution in [3.63, 3.8) is 0 Å². The number of nitrogens with one attached hydrogen (secondary N) is 2. The fourth-order valence-corrected chi connectivity index (χ4v) is 3.57. The van der Waals surface area contributed by atoms with E-state index in [9.17, 15) is 0 Å². The topological polar surface area (TPSA) is 51.8 Å². The normalized spacial score (nSPS) is 13.8. The van der Waals surface area contributed by atoms with E-state index < -0.39 is 0 Å². The van der Waals surface area contributed by atoms with Gasteiger partial charge in [0.15, 0.2) is 16.6 Å². The van der Waals surface area contributed by atoms with Crippen molar-refractivity contribution in [1.29, 1.82) is 0 Å². The molecule has 0 bridgehead atoms. The van der Waals surface area contributed by atoms with Crippen molar-refractivity contribution in [2.75, 3.05) is 26.1 Å². The van der Waals surface area contributed by atoms with E-state index in [4.69, 9.17) is 26.4 Å². The van der Waals surface area contributed by atoms with E-state index in [0.717, 1.165) is 54.3 Å². The van der Waals surface area contributed by atoms with Gasteiger partial charge in [-0.05, 0) is 86.3 Å². The molecule has 0 unspecified atom stereocenters. The van der Waals surface area contributed by atoms with E-state index in [1.807, 2.05) is 42.5 Å². The molecular formula is C22H28N2O3S. The van der Waals surface area contributed by atoms with Gasteiger partial charge in [0, 0.05) is 12.2 Å². The average molecular weight is 401 g/mol. The summed E-state index contributed by atoms with van der Waals surface area (Å²) in [7, 11) is 3.28. The lowest BCUT2D eigenvalue weighted by molar-refractivity contribution is 0.210. The van der Waals surface area contributed by atoms with Crippen LogP contribution >= 0.6 is 12.2 Å². The summed E-state index contributed by atoms with van der Waals surface area (Å²) in [6.07, 6.45) is 6.07. The maximum absolute atomic E-state index is 5.99. The zero-order valence-corrected chi connectivity index (χ0v) is 17.3. The Bertz CT molecular complexity index is 774. The Hall–Kier alpha value is -2.47. The standard InChI is InChI=1S/C22H28N2O3S/c1-25-20-12-7-16(15-21(20)26-2)13-14-23-22(28)24-17-8-10-19(11-9-17)27-18-5-3-4-6-18/h7-12,15,18H,3-6,13-14H2,1-2H3,(H2,23,24,28). The largest absolute Gasteiger partial charge is 0.493 e. The number of thiocarbonyl (C=S) groups is 1. The third-order valence-corrected chi connectivity index (χ3v) is 5.11. The number of ether oxygens (including phenoxy) is 3. The van der Waals surface area contributed by atoms with E-state index in [2.05, 4.69) is 10.6 Å². The molecule has 150 valence electrons. The molecule has 1 fully saturated rings. The monoisotopic (exact) mass is 400 g/mol. The fourth-order valence-electron chi connectivity index (χ4n) is 3.35. The lowest BCUT2D eigenvalue weighted by Crippen LogP contribution is -2.30. The maximum atomic E-state index is 5.99. The van der Waals surface area contributed by atoms with Gasteiger partial charge in [0.1, 0.15) is 5.75 Å². The molecule has 2 aromatic carbocycles. The number of hydrogen-bond donors (Lipinski definition) is 2. The Balaban J connectivity index is 1.42. The third kappa shape index (κ3) is 5.76. The first kappa shape index (κ1) is 20.3. The van der Waals surface area contributed by atoms with Gasteiger partial charge < -0.3 is 24.8 Å². The molecule has 0 amide bonds. The Morgan fingerprint density at radius 1 is 1.00 bits per heavy atom. The molecular weight excluding hydrogens is 372 g/mol. The highest BCUT2D eigenvalue weighted by Crippen LogP contribution is 2.27. The van der Waals surface area contributed by atoms with Crippen LogP contribution < -0.4 is 24.8 Å². The van der Waals surface area contributed by atoms with E-state index in [1.54, 1.807) is 14.2 Å². The minimum absolute atomic E-state index is 0.373. The van der Waals surface area contributed by atoms with Crippen LogP contribution in [0.1, 0.15) is 31.2 Å². The van der Waals surface area contributed by atoms with Crippen LogP contribution in [0.25, 0.3) is 0 Å². The van der Waals surface area contributed by atoms with Gasteiger partial charge in [-0.1, -0.05) is 6.07 Å². The molecule has 2 aromatic rings. The molecule has 2 N–H and O–H groups in total. The first-order valence-corrected chi connectivity index (χ1v) is 10.1. The molecule has 1 saturated carbocycles. The Morgan fingerprint density at radius 2 is 1.71 bits per heavy atom. The predicted molar refractivity (Wildman–Crippen MR) is 117 cm³/mol. The predicted octanol–water partition coefficient (Wildman–Crippen LogP) is 4.55. The molecule has 0 atom stereocenters. The van der Waals surface area contributed by atoms with Crippen LogP contribution in [0, 0.1) is 0 Å². The molecule has 3 rings (SSSR count). The van der Waals surface area contributed by atoms with Crippen molar-refractivity contribution in [2.45, 2.75) is 38.2 Å². The summed E-state index contributed by atoms with van der Waals surface area (Å²) in [5.74, 6) is 2.39.